The Balaban J connectivity index is 1.72. The molecule has 2 aliphatic rings. The largest absolute Gasteiger partial charge is 0.362 e. The van der Waals surface area contributed by atoms with Crippen LogP contribution in [0, 0.1) is 5.92 Å². The molecule has 0 amide bonds. The number of piperidine rings is 1. The average Bonchev–Trinajstić information content (AvgIpc) is 2.37. The molecule has 0 aromatic rings. The van der Waals surface area contributed by atoms with E-state index in [9.17, 15) is 0 Å². The third-order valence-electron chi connectivity index (χ3n) is 3.81. The van der Waals surface area contributed by atoms with Gasteiger partial charge in [0.05, 0.1) is 0 Å². The summed E-state index contributed by atoms with van der Waals surface area (Å²) in [6, 6.07) is 0.608. The molecule has 1 N–H and O–H groups in total. The fourth-order valence-corrected chi connectivity index (χ4v) is 3.56. The van der Waals surface area contributed by atoms with Crippen LogP contribution in [0.5, 0.6) is 0 Å². The fourth-order valence-electron chi connectivity index (χ4n) is 2.45. The van der Waals surface area contributed by atoms with Gasteiger partial charge in [-0.1, -0.05) is 18.7 Å². The van der Waals surface area contributed by atoms with Crippen molar-refractivity contribution in [2.45, 2.75) is 39.2 Å². The molecular formula is C13H25N3S. The van der Waals surface area contributed by atoms with Crippen LogP contribution in [-0.2, 0) is 0 Å². The molecule has 0 radical (unpaired) electrons. The van der Waals surface area contributed by atoms with Crippen LogP contribution in [0.2, 0.25) is 0 Å². The molecule has 98 valence electrons. The Hall–Kier alpha value is -0.220. The lowest BCUT2D eigenvalue weighted by Crippen LogP contribution is -2.37. The van der Waals surface area contributed by atoms with E-state index in [2.05, 4.69) is 24.1 Å². The summed E-state index contributed by atoms with van der Waals surface area (Å²) >= 11 is 1.89. The summed E-state index contributed by atoms with van der Waals surface area (Å²) < 4.78 is 0. The van der Waals surface area contributed by atoms with Crippen molar-refractivity contribution >= 4 is 16.9 Å². The molecule has 0 saturated carbocycles. The SMILES string of the molecule is CCN1CCC(CN=C2NC(C)CCS2)CC1. The second-order valence-corrected chi connectivity index (χ2v) is 6.29. The standard InChI is InChI=1S/C13H25N3S/c1-3-16-7-4-12(5-8-16)10-14-13-15-11(2)6-9-17-13/h11-12H,3-10H2,1-2H3,(H,14,15). The van der Waals surface area contributed by atoms with Gasteiger partial charge >= 0.3 is 0 Å². The molecule has 2 heterocycles. The summed E-state index contributed by atoms with van der Waals surface area (Å²) in [6.07, 6.45) is 3.91. The number of rotatable bonds is 3. The van der Waals surface area contributed by atoms with Gasteiger partial charge in [-0.25, -0.2) is 0 Å². The minimum Gasteiger partial charge on any atom is -0.362 e. The Kier molecular flexibility index (Phi) is 5.16. The van der Waals surface area contributed by atoms with Crippen molar-refractivity contribution in [2.24, 2.45) is 10.9 Å². The van der Waals surface area contributed by atoms with Crippen molar-refractivity contribution in [1.82, 2.24) is 10.2 Å². The van der Waals surface area contributed by atoms with E-state index >= 15 is 0 Å². The van der Waals surface area contributed by atoms with E-state index in [1.807, 2.05) is 11.8 Å². The Labute approximate surface area is 109 Å². The second kappa shape index (κ2) is 6.64. The number of nitrogens with one attached hydrogen (secondary N) is 1. The highest BCUT2D eigenvalue weighted by atomic mass is 32.2. The van der Waals surface area contributed by atoms with Crippen molar-refractivity contribution in [3.8, 4) is 0 Å². The lowest BCUT2D eigenvalue weighted by Gasteiger charge is -2.30. The summed E-state index contributed by atoms with van der Waals surface area (Å²) in [7, 11) is 0. The monoisotopic (exact) mass is 255 g/mol. The minimum atomic E-state index is 0.608. The van der Waals surface area contributed by atoms with Gasteiger partial charge in [0, 0.05) is 18.3 Å². The summed E-state index contributed by atoms with van der Waals surface area (Å²) in [5, 5.41) is 4.66. The van der Waals surface area contributed by atoms with Crippen LogP contribution >= 0.6 is 11.8 Å². The van der Waals surface area contributed by atoms with Gasteiger partial charge in [-0.05, 0) is 51.7 Å². The molecule has 4 heteroatoms. The average molecular weight is 255 g/mol. The third-order valence-corrected chi connectivity index (χ3v) is 4.77. The summed E-state index contributed by atoms with van der Waals surface area (Å²) in [4.78, 5) is 7.30. The molecule has 2 fully saturated rings. The first-order valence-corrected chi connectivity index (χ1v) is 7.92. The van der Waals surface area contributed by atoms with Gasteiger partial charge in [0.1, 0.15) is 0 Å². The summed E-state index contributed by atoms with van der Waals surface area (Å²) in [5.74, 6) is 2.03. The van der Waals surface area contributed by atoms with Crippen molar-refractivity contribution in [3.63, 3.8) is 0 Å². The molecule has 0 aromatic heterocycles. The Morgan fingerprint density at radius 2 is 2.12 bits per heavy atom. The Morgan fingerprint density at radius 1 is 1.35 bits per heavy atom. The van der Waals surface area contributed by atoms with Gasteiger partial charge in [-0.15, -0.1) is 0 Å². The molecule has 2 rings (SSSR count). The molecule has 1 atom stereocenters. The normalized spacial score (nSPS) is 30.5. The fraction of sp³-hybridized carbons (Fsp3) is 0.923. The van der Waals surface area contributed by atoms with E-state index in [0.717, 1.165) is 12.5 Å². The van der Waals surface area contributed by atoms with Gasteiger partial charge in [-0.3, -0.25) is 4.99 Å². The van der Waals surface area contributed by atoms with E-state index in [0.29, 0.717) is 6.04 Å². The molecule has 3 nitrogen and oxygen atoms in total. The smallest absolute Gasteiger partial charge is 0.156 e. The maximum absolute atomic E-state index is 4.76. The van der Waals surface area contributed by atoms with Crippen LogP contribution in [-0.4, -0.2) is 48.0 Å². The Morgan fingerprint density at radius 3 is 2.76 bits per heavy atom. The molecule has 0 bridgehead atoms. The molecule has 1 unspecified atom stereocenters. The number of likely N-dealkylation sites (tertiary alicyclic amines) is 1. The molecular weight excluding hydrogens is 230 g/mol. The summed E-state index contributed by atoms with van der Waals surface area (Å²) in [6.45, 7) is 9.27. The number of thioether (sulfide) groups is 1. The molecule has 2 saturated heterocycles. The first-order chi connectivity index (χ1) is 8.28. The lowest BCUT2D eigenvalue weighted by molar-refractivity contribution is 0.196. The van der Waals surface area contributed by atoms with Gasteiger partial charge in [0.25, 0.3) is 0 Å². The zero-order chi connectivity index (χ0) is 12.1. The minimum absolute atomic E-state index is 0.608. The van der Waals surface area contributed by atoms with E-state index in [1.54, 1.807) is 0 Å². The van der Waals surface area contributed by atoms with Crippen LogP contribution in [0.25, 0.3) is 0 Å². The molecule has 17 heavy (non-hydrogen) atoms. The van der Waals surface area contributed by atoms with Gasteiger partial charge < -0.3 is 10.2 Å². The van der Waals surface area contributed by atoms with Crippen molar-refractivity contribution < 1.29 is 0 Å². The van der Waals surface area contributed by atoms with Crippen molar-refractivity contribution in [3.05, 3.63) is 0 Å². The number of amidine groups is 1. The number of nitrogens with zero attached hydrogens (tertiary/aromatic N) is 2. The highest BCUT2D eigenvalue weighted by molar-refractivity contribution is 8.13. The van der Waals surface area contributed by atoms with E-state index < -0.39 is 0 Å². The zero-order valence-corrected chi connectivity index (χ0v) is 11.9. The summed E-state index contributed by atoms with van der Waals surface area (Å²) in [5.41, 5.74) is 0. The number of hydrogen-bond donors (Lipinski definition) is 1. The number of aliphatic imine (C=N–C) groups is 1. The second-order valence-electron chi connectivity index (χ2n) is 5.21. The van der Waals surface area contributed by atoms with Crippen molar-refractivity contribution in [1.29, 1.82) is 0 Å². The van der Waals surface area contributed by atoms with Gasteiger partial charge in [0.2, 0.25) is 0 Å². The maximum Gasteiger partial charge on any atom is 0.156 e. The highest BCUT2D eigenvalue weighted by Crippen LogP contribution is 2.19. The van der Waals surface area contributed by atoms with E-state index in [1.165, 1.54) is 49.8 Å². The van der Waals surface area contributed by atoms with Crippen LogP contribution in [0.1, 0.15) is 33.1 Å². The first-order valence-electron chi connectivity index (χ1n) is 6.94. The van der Waals surface area contributed by atoms with E-state index in [4.69, 9.17) is 4.99 Å². The Bertz CT molecular complexity index is 259. The van der Waals surface area contributed by atoms with Crippen LogP contribution in [0.4, 0.5) is 0 Å². The molecule has 0 spiro atoms. The lowest BCUT2D eigenvalue weighted by atomic mass is 9.97. The predicted octanol–water partition coefficient (Wildman–Crippen LogP) is 2.19. The van der Waals surface area contributed by atoms with Crippen LogP contribution < -0.4 is 5.32 Å². The van der Waals surface area contributed by atoms with E-state index in [-0.39, 0.29) is 0 Å². The van der Waals surface area contributed by atoms with Gasteiger partial charge in [-0.2, -0.15) is 0 Å². The zero-order valence-electron chi connectivity index (χ0n) is 11.1. The first kappa shape index (κ1) is 13.2. The van der Waals surface area contributed by atoms with Crippen LogP contribution in [0.15, 0.2) is 4.99 Å². The number of hydrogen-bond acceptors (Lipinski definition) is 3. The molecule has 2 aliphatic heterocycles. The van der Waals surface area contributed by atoms with Gasteiger partial charge in [0.15, 0.2) is 5.17 Å². The quantitative estimate of drug-likeness (QED) is 0.838. The van der Waals surface area contributed by atoms with Crippen molar-refractivity contribution in [2.75, 3.05) is 31.9 Å². The third kappa shape index (κ3) is 4.18. The maximum atomic E-state index is 4.76. The molecule has 0 aromatic carbocycles. The topological polar surface area (TPSA) is 27.6 Å². The highest BCUT2D eigenvalue weighted by Gasteiger charge is 2.18. The van der Waals surface area contributed by atoms with Crippen LogP contribution in [0.3, 0.4) is 0 Å². The predicted molar refractivity (Wildman–Crippen MR) is 76.8 cm³/mol. The molecule has 0 aliphatic carbocycles.